The van der Waals surface area contributed by atoms with Crippen molar-refractivity contribution >= 4 is 11.9 Å². The van der Waals surface area contributed by atoms with Gasteiger partial charge in [-0.3, -0.25) is 9.59 Å². The van der Waals surface area contributed by atoms with Crippen molar-refractivity contribution in [2.75, 3.05) is 13.2 Å². The average Bonchev–Trinajstić information content (AvgIpc) is 2.61. The molecule has 0 saturated heterocycles. The van der Waals surface area contributed by atoms with Crippen LogP contribution in [0.4, 0.5) is 0 Å². The zero-order valence-corrected chi connectivity index (χ0v) is 15.4. The zero-order valence-electron chi connectivity index (χ0n) is 15.4. The van der Waals surface area contributed by atoms with Crippen molar-refractivity contribution in [3.8, 4) is 0 Å². The van der Waals surface area contributed by atoms with Crippen molar-refractivity contribution in [3.05, 3.63) is 12.2 Å². The molecule has 0 fully saturated rings. The molecule has 1 aliphatic rings. The highest BCUT2D eigenvalue weighted by molar-refractivity contribution is 5.82. The summed E-state index contributed by atoms with van der Waals surface area (Å²) in [6.45, 7) is 5.05. The van der Waals surface area contributed by atoms with Crippen molar-refractivity contribution in [1.29, 1.82) is 0 Å². The third-order valence-corrected chi connectivity index (χ3v) is 4.48. The van der Waals surface area contributed by atoms with Gasteiger partial charge < -0.3 is 9.47 Å². The van der Waals surface area contributed by atoms with Crippen LogP contribution in [0.1, 0.15) is 78.1 Å². The summed E-state index contributed by atoms with van der Waals surface area (Å²) in [5.74, 6) is -1.28. The van der Waals surface area contributed by atoms with Crippen molar-refractivity contribution in [3.63, 3.8) is 0 Å². The summed E-state index contributed by atoms with van der Waals surface area (Å²) < 4.78 is 10.6. The molecule has 1 aliphatic carbocycles. The van der Waals surface area contributed by atoms with Gasteiger partial charge in [-0.2, -0.15) is 0 Å². The number of hydrogen-bond acceptors (Lipinski definition) is 4. The molecule has 1 rings (SSSR count). The van der Waals surface area contributed by atoms with E-state index in [9.17, 15) is 9.59 Å². The molecule has 0 saturated carbocycles. The molecule has 2 atom stereocenters. The van der Waals surface area contributed by atoms with E-state index >= 15 is 0 Å². The van der Waals surface area contributed by atoms with Crippen LogP contribution in [0.5, 0.6) is 0 Å². The molecule has 0 aromatic heterocycles. The van der Waals surface area contributed by atoms with Crippen LogP contribution >= 0.6 is 0 Å². The maximum atomic E-state index is 12.3. The molecule has 0 amide bonds. The number of esters is 2. The molecular formula is C20H34O4. The Morgan fingerprint density at radius 1 is 0.750 bits per heavy atom. The highest BCUT2D eigenvalue weighted by atomic mass is 16.5. The second-order valence-electron chi connectivity index (χ2n) is 6.61. The van der Waals surface area contributed by atoms with Gasteiger partial charge in [0, 0.05) is 0 Å². The highest BCUT2D eigenvalue weighted by Crippen LogP contribution is 2.28. The van der Waals surface area contributed by atoms with Crippen LogP contribution in [0, 0.1) is 11.8 Å². The van der Waals surface area contributed by atoms with Gasteiger partial charge in [0.2, 0.25) is 0 Å². The van der Waals surface area contributed by atoms with Crippen LogP contribution in [-0.4, -0.2) is 25.2 Å². The number of carbonyl (C=O) groups excluding carboxylic acids is 2. The first-order chi connectivity index (χ1) is 11.7. The standard InChI is InChI=1S/C20H34O4/c1-3-5-6-7-8-9-12-16-24-20(22)18-14-11-10-13-17(18)19(21)23-15-4-2/h10-11,17-18H,3-9,12-16H2,1-2H3. The minimum absolute atomic E-state index is 0.246. The lowest BCUT2D eigenvalue weighted by Crippen LogP contribution is -2.34. The molecule has 0 aromatic rings. The van der Waals surface area contributed by atoms with Crippen LogP contribution in [0.2, 0.25) is 0 Å². The Hall–Kier alpha value is -1.32. The van der Waals surface area contributed by atoms with Crippen LogP contribution in [0.3, 0.4) is 0 Å². The Bertz CT molecular complexity index is 389. The first-order valence-corrected chi connectivity index (χ1v) is 9.69. The number of unbranched alkanes of at least 4 members (excludes halogenated alkanes) is 6. The first kappa shape index (κ1) is 20.7. The maximum Gasteiger partial charge on any atom is 0.310 e. The Morgan fingerprint density at radius 2 is 1.25 bits per heavy atom. The van der Waals surface area contributed by atoms with E-state index in [1.54, 1.807) is 0 Å². The van der Waals surface area contributed by atoms with Gasteiger partial charge in [0.05, 0.1) is 25.0 Å². The predicted molar refractivity (Wildman–Crippen MR) is 95.6 cm³/mol. The van der Waals surface area contributed by atoms with Gasteiger partial charge in [0.25, 0.3) is 0 Å². The summed E-state index contributed by atoms with van der Waals surface area (Å²) in [6, 6.07) is 0. The minimum Gasteiger partial charge on any atom is -0.465 e. The van der Waals surface area contributed by atoms with E-state index in [-0.39, 0.29) is 23.8 Å². The van der Waals surface area contributed by atoms with Crippen LogP contribution < -0.4 is 0 Å². The second-order valence-corrected chi connectivity index (χ2v) is 6.61. The van der Waals surface area contributed by atoms with Gasteiger partial charge in [-0.15, -0.1) is 0 Å². The van der Waals surface area contributed by atoms with E-state index < -0.39 is 0 Å². The van der Waals surface area contributed by atoms with E-state index in [2.05, 4.69) is 6.92 Å². The van der Waals surface area contributed by atoms with E-state index in [0.717, 1.165) is 19.3 Å². The van der Waals surface area contributed by atoms with Gasteiger partial charge in [-0.25, -0.2) is 0 Å². The lowest BCUT2D eigenvalue weighted by atomic mass is 9.83. The molecule has 24 heavy (non-hydrogen) atoms. The Balaban J connectivity index is 2.26. The fourth-order valence-corrected chi connectivity index (χ4v) is 2.98. The molecule has 0 aliphatic heterocycles. The minimum atomic E-state index is -0.386. The number of ether oxygens (including phenoxy) is 2. The Morgan fingerprint density at radius 3 is 1.79 bits per heavy atom. The lowest BCUT2D eigenvalue weighted by Gasteiger charge is -2.25. The number of carbonyl (C=O) groups is 2. The van der Waals surface area contributed by atoms with Gasteiger partial charge in [0.1, 0.15) is 0 Å². The Labute approximate surface area is 147 Å². The quantitative estimate of drug-likeness (QED) is 0.291. The average molecular weight is 338 g/mol. The number of hydrogen-bond donors (Lipinski definition) is 0. The van der Waals surface area contributed by atoms with Crippen LogP contribution in [0.15, 0.2) is 12.2 Å². The van der Waals surface area contributed by atoms with Crippen molar-refractivity contribution in [2.45, 2.75) is 78.1 Å². The Kier molecular flexibility index (Phi) is 11.2. The molecule has 2 unspecified atom stereocenters. The number of rotatable bonds is 12. The fourth-order valence-electron chi connectivity index (χ4n) is 2.98. The molecule has 4 nitrogen and oxygen atoms in total. The predicted octanol–water partition coefficient (Wildman–Crippen LogP) is 4.82. The molecule has 0 heterocycles. The topological polar surface area (TPSA) is 52.6 Å². The van der Waals surface area contributed by atoms with Crippen molar-refractivity contribution in [2.24, 2.45) is 11.8 Å². The van der Waals surface area contributed by atoms with Crippen LogP contribution in [-0.2, 0) is 19.1 Å². The van der Waals surface area contributed by atoms with E-state index in [0.29, 0.717) is 26.1 Å². The van der Waals surface area contributed by atoms with E-state index in [1.165, 1.54) is 32.1 Å². The SMILES string of the molecule is CCCCCCCCCOC(=O)C1CC=CCC1C(=O)OCCC. The summed E-state index contributed by atoms with van der Waals surface area (Å²) in [5.41, 5.74) is 0. The fraction of sp³-hybridized carbons (Fsp3) is 0.800. The normalized spacial score (nSPS) is 19.9. The highest BCUT2D eigenvalue weighted by Gasteiger charge is 2.36. The first-order valence-electron chi connectivity index (χ1n) is 9.69. The van der Waals surface area contributed by atoms with Crippen LogP contribution in [0.25, 0.3) is 0 Å². The molecule has 0 N–H and O–H groups in total. The summed E-state index contributed by atoms with van der Waals surface area (Å²) in [7, 11) is 0. The molecule has 0 spiro atoms. The van der Waals surface area contributed by atoms with Gasteiger partial charge in [0.15, 0.2) is 0 Å². The van der Waals surface area contributed by atoms with E-state index in [1.807, 2.05) is 19.1 Å². The lowest BCUT2D eigenvalue weighted by molar-refractivity contribution is -0.161. The van der Waals surface area contributed by atoms with Crippen molar-refractivity contribution in [1.82, 2.24) is 0 Å². The molecule has 4 heteroatoms. The van der Waals surface area contributed by atoms with Gasteiger partial charge in [-0.05, 0) is 25.7 Å². The molecule has 0 bridgehead atoms. The zero-order chi connectivity index (χ0) is 17.6. The summed E-state index contributed by atoms with van der Waals surface area (Å²) in [4.78, 5) is 24.4. The number of allylic oxidation sites excluding steroid dienone is 2. The molecule has 0 radical (unpaired) electrons. The monoisotopic (exact) mass is 338 g/mol. The van der Waals surface area contributed by atoms with Gasteiger partial charge in [-0.1, -0.05) is 64.5 Å². The summed E-state index contributed by atoms with van der Waals surface area (Å²) in [5, 5.41) is 0. The summed E-state index contributed by atoms with van der Waals surface area (Å²) in [6.07, 6.45) is 14.2. The molecular weight excluding hydrogens is 304 g/mol. The summed E-state index contributed by atoms with van der Waals surface area (Å²) >= 11 is 0. The van der Waals surface area contributed by atoms with E-state index in [4.69, 9.17) is 9.47 Å². The second kappa shape index (κ2) is 13.0. The third kappa shape index (κ3) is 7.98. The largest absolute Gasteiger partial charge is 0.465 e. The molecule has 0 aromatic carbocycles. The smallest absolute Gasteiger partial charge is 0.310 e. The maximum absolute atomic E-state index is 12.3. The van der Waals surface area contributed by atoms with Crippen molar-refractivity contribution < 1.29 is 19.1 Å². The molecule has 138 valence electrons. The van der Waals surface area contributed by atoms with Gasteiger partial charge >= 0.3 is 11.9 Å². The third-order valence-electron chi connectivity index (χ3n) is 4.48.